The topological polar surface area (TPSA) is 23.8 Å². The van der Waals surface area contributed by atoms with Crippen molar-refractivity contribution in [2.24, 2.45) is 0 Å². The number of hydrogen-bond donors (Lipinski definition) is 0. The number of benzene rings is 1. The zero-order valence-electron chi connectivity index (χ0n) is 6.05. The first kappa shape index (κ1) is 22.6. The van der Waals surface area contributed by atoms with Crippen molar-refractivity contribution in [3.8, 4) is 6.07 Å². The maximum Gasteiger partial charge on any atom is 3.00 e. The maximum atomic E-state index is 8.29. The van der Waals surface area contributed by atoms with E-state index < -0.39 is 0 Å². The van der Waals surface area contributed by atoms with E-state index >= 15 is 0 Å². The SMILES string of the molecule is N#Cc1ccccc1.[B+3].[Cl-].[Cl-].[Cl-]. The van der Waals surface area contributed by atoms with E-state index in [-0.39, 0.29) is 45.6 Å². The zero-order valence-corrected chi connectivity index (χ0v) is 8.31. The molecule has 1 aromatic rings. The van der Waals surface area contributed by atoms with Crippen molar-refractivity contribution in [1.82, 2.24) is 0 Å². The predicted octanol–water partition coefficient (Wildman–Crippen LogP) is -7.81. The zero-order chi connectivity index (χ0) is 5.82. The van der Waals surface area contributed by atoms with Crippen molar-refractivity contribution in [2.45, 2.75) is 0 Å². The van der Waals surface area contributed by atoms with Crippen LogP contribution in [0.4, 0.5) is 0 Å². The van der Waals surface area contributed by atoms with E-state index in [2.05, 4.69) is 0 Å². The van der Waals surface area contributed by atoms with Crippen LogP contribution < -0.4 is 37.2 Å². The summed E-state index contributed by atoms with van der Waals surface area (Å²) in [6.07, 6.45) is 0. The Hall–Kier alpha value is -0.355. The summed E-state index contributed by atoms with van der Waals surface area (Å²) in [5, 5.41) is 8.29. The fraction of sp³-hybridized carbons (Fsp3) is 0. The predicted molar refractivity (Wildman–Crippen MR) is 36.9 cm³/mol. The monoisotopic (exact) mass is 219 g/mol. The van der Waals surface area contributed by atoms with Crippen LogP contribution in [0.15, 0.2) is 30.3 Å². The second-order valence-electron chi connectivity index (χ2n) is 1.48. The summed E-state index contributed by atoms with van der Waals surface area (Å²) in [5.41, 5.74) is 0.715. The Bertz CT molecular complexity index is 210. The van der Waals surface area contributed by atoms with Crippen LogP contribution in [0.3, 0.4) is 0 Å². The molecule has 0 aliphatic rings. The average molecular weight is 220 g/mol. The molecule has 1 nitrogen and oxygen atoms in total. The fourth-order valence-electron chi connectivity index (χ4n) is 0.513. The van der Waals surface area contributed by atoms with Gasteiger partial charge in [-0.05, 0) is 12.1 Å². The molecule has 1 rings (SSSR count). The third kappa shape index (κ3) is 7.75. The summed E-state index contributed by atoms with van der Waals surface area (Å²) in [4.78, 5) is 0. The van der Waals surface area contributed by atoms with Gasteiger partial charge >= 0.3 is 8.41 Å². The molecule has 0 N–H and O–H groups in total. The van der Waals surface area contributed by atoms with Crippen LogP contribution >= 0.6 is 0 Å². The normalized spacial score (nSPS) is 5.25. The average Bonchev–Trinajstić information content (AvgIpc) is 1.90. The van der Waals surface area contributed by atoms with Crippen LogP contribution in [0.1, 0.15) is 5.56 Å². The molecule has 5 heteroatoms. The van der Waals surface area contributed by atoms with Gasteiger partial charge in [-0.1, -0.05) is 18.2 Å². The third-order valence-electron chi connectivity index (χ3n) is 0.903. The van der Waals surface area contributed by atoms with Gasteiger partial charge in [-0.15, -0.1) is 0 Å². The summed E-state index contributed by atoms with van der Waals surface area (Å²) in [6, 6.07) is 11.2. The summed E-state index contributed by atoms with van der Waals surface area (Å²) in [6.45, 7) is 0. The molecule has 0 heterocycles. The molecule has 12 heavy (non-hydrogen) atoms. The van der Waals surface area contributed by atoms with Crippen molar-refractivity contribution in [3.05, 3.63) is 35.9 Å². The molecule has 0 fully saturated rings. The number of halogens is 3. The van der Waals surface area contributed by atoms with Crippen LogP contribution in [0, 0.1) is 11.3 Å². The van der Waals surface area contributed by atoms with E-state index in [0.29, 0.717) is 5.56 Å². The molecular formula is C7H5BCl3N. The minimum absolute atomic E-state index is 0. The van der Waals surface area contributed by atoms with Gasteiger partial charge in [0, 0.05) is 0 Å². The first-order valence-corrected chi connectivity index (χ1v) is 2.38. The second kappa shape index (κ2) is 13.3. The Morgan fingerprint density at radius 1 is 0.917 bits per heavy atom. The van der Waals surface area contributed by atoms with E-state index in [9.17, 15) is 0 Å². The Labute approximate surface area is 93.0 Å². The molecule has 1 aromatic carbocycles. The van der Waals surface area contributed by atoms with Crippen molar-refractivity contribution in [1.29, 1.82) is 5.26 Å². The Kier molecular flexibility index (Phi) is 24.9. The van der Waals surface area contributed by atoms with Crippen molar-refractivity contribution < 1.29 is 37.2 Å². The maximum absolute atomic E-state index is 8.29. The van der Waals surface area contributed by atoms with Gasteiger partial charge in [0.25, 0.3) is 0 Å². The molecule has 0 spiro atoms. The molecular weight excluding hydrogens is 215 g/mol. The molecule has 0 saturated heterocycles. The minimum atomic E-state index is 0. The largest absolute Gasteiger partial charge is 3.00 e. The van der Waals surface area contributed by atoms with Gasteiger partial charge in [0.2, 0.25) is 0 Å². The van der Waals surface area contributed by atoms with Crippen molar-refractivity contribution >= 4 is 8.41 Å². The van der Waals surface area contributed by atoms with Crippen LogP contribution in [-0.2, 0) is 0 Å². The third-order valence-corrected chi connectivity index (χ3v) is 0.903. The number of nitriles is 1. The smallest absolute Gasteiger partial charge is 1.00 e. The first-order chi connectivity index (χ1) is 3.93. The molecule has 0 radical (unpaired) electrons. The standard InChI is InChI=1S/C7H5N.B.3ClH/c8-6-7-4-2-1-3-5-7;;;;/h1-5H;;3*1H/q;+3;;;/p-3. The molecule has 0 atom stereocenters. The Morgan fingerprint density at radius 3 is 1.58 bits per heavy atom. The van der Waals surface area contributed by atoms with Crippen LogP contribution in [0.5, 0.6) is 0 Å². The van der Waals surface area contributed by atoms with E-state index in [1.54, 1.807) is 12.1 Å². The van der Waals surface area contributed by atoms with Gasteiger partial charge in [0.05, 0.1) is 11.6 Å². The van der Waals surface area contributed by atoms with Gasteiger partial charge in [0.1, 0.15) is 0 Å². The van der Waals surface area contributed by atoms with Crippen LogP contribution in [-0.4, -0.2) is 8.41 Å². The molecule has 62 valence electrons. The summed E-state index contributed by atoms with van der Waals surface area (Å²) in [7, 11) is 0. The molecule has 0 saturated carbocycles. The molecule has 0 aromatic heterocycles. The summed E-state index contributed by atoms with van der Waals surface area (Å²) < 4.78 is 0. The van der Waals surface area contributed by atoms with E-state index in [0.717, 1.165) is 0 Å². The van der Waals surface area contributed by atoms with Gasteiger partial charge in [-0.2, -0.15) is 5.26 Å². The molecule has 0 bridgehead atoms. The first-order valence-electron chi connectivity index (χ1n) is 2.38. The number of nitrogens with zero attached hydrogens (tertiary/aromatic N) is 1. The number of rotatable bonds is 0. The van der Waals surface area contributed by atoms with Crippen molar-refractivity contribution in [3.63, 3.8) is 0 Å². The van der Waals surface area contributed by atoms with E-state index in [1.165, 1.54) is 0 Å². The fourth-order valence-corrected chi connectivity index (χ4v) is 0.513. The molecule has 0 amide bonds. The minimum Gasteiger partial charge on any atom is -1.00 e. The van der Waals surface area contributed by atoms with Crippen LogP contribution in [0.2, 0.25) is 0 Å². The van der Waals surface area contributed by atoms with Crippen LogP contribution in [0.25, 0.3) is 0 Å². The van der Waals surface area contributed by atoms with Gasteiger partial charge < -0.3 is 37.2 Å². The Morgan fingerprint density at radius 2 is 1.33 bits per heavy atom. The van der Waals surface area contributed by atoms with E-state index in [1.807, 2.05) is 24.3 Å². The second-order valence-corrected chi connectivity index (χ2v) is 1.48. The number of hydrogen-bond acceptors (Lipinski definition) is 1. The van der Waals surface area contributed by atoms with E-state index in [4.69, 9.17) is 5.26 Å². The van der Waals surface area contributed by atoms with Gasteiger partial charge in [-0.25, -0.2) is 0 Å². The summed E-state index contributed by atoms with van der Waals surface area (Å²) in [5.74, 6) is 0. The van der Waals surface area contributed by atoms with Crippen molar-refractivity contribution in [2.75, 3.05) is 0 Å². The molecule has 0 aliphatic carbocycles. The van der Waals surface area contributed by atoms with Gasteiger partial charge in [0.15, 0.2) is 0 Å². The molecule has 0 aliphatic heterocycles. The molecule has 0 unspecified atom stereocenters. The van der Waals surface area contributed by atoms with Gasteiger partial charge in [-0.3, -0.25) is 0 Å². The Balaban J connectivity index is -0.0000000800. The summed E-state index contributed by atoms with van der Waals surface area (Å²) >= 11 is 0. The quantitative estimate of drug-likeness (QED) is 0.399.